The van der Waals surface area contributed by atoms with Gasteiger partial charge in [-0.1, -0.05) is 6.07 Å². The molecule has 0 radical (unpaired) electrons. The number of likely N-dealkylation sites (N-methyl/N-ethyl adjacent to an activating group) is 1. The number of aliphatic imine (C=N–C) groups is 1. The molecule has 0 bridgehead atoms. The summed E-state index contributed by atoms with van der Waals surface area (Å²) in [5.74, 6) is 1.39. The molecular weight excluding hydrogens is 381 g/mol. The SMILES string of the molecule is CN1CCN(c2ccc(CN=C(N)N3CCN(c4ccc(F)cc4)CC3)cn2)CC1. The largest absolute Gasteiger partial charge is 0.370 e. The molecule has 1 aromatic heterocycles. The molecule has 2 aromatic rings. The highest BCUT2D eigenvalue weighted by Gasteiger charge is 2.19. The third kappa shape index (κ3) is 4.99. The minimum Gasteiger partial charge on any atom is -0.370 e. The van der Waals surface area contributed by atoms with Gasteiger partial charge >= 0.3 is 0 Å². The minimum atomic E-state index is -0.209. The summed E-state index contributed by atoms with van der Waals surface area (Å²) in [6.45, 7) is 7.96. The fraction of sp³-hybridized carbons (Fsp3) is 0.455. The Balaban J connectivity index is 1.27. The predicted molar refractivity (Wildman–Crippen MR) is 119 cm³/mol. The average molecular weight is 412 g/mol. The van der Waals surface area contributed by atoms with E-state index in [4.69, 9.17) is 5.73 Å². The topological polar surface area (TPSA) is 64.2 Å². The molecule has 2 aliphatic rings. The zero-order valence-electron chi connectivity index (χ0n) is 17.5. The lowest BCUT2D eigenvalue weighted by Crippen LogP contribution is -2.51. The molecule has 30 heavy (non-hydrogen) atoms. The molecule has 0 atom stereocenters. The molecular formula is C22H30FN7. The first kappa shape index (κ1) is 20.4. The van der Waals surface area contributed by atoms with E-state index < -0.39 is 0 Å². The molecule has 0 saturated carbocycles. The number of pyridine rings is 1. The predicted octanol–water partition coefficient (Wildman–Crippen LogP) is 1.61. The Labute approximate surface area is 177 Å². The monoisotopic (exact) mass is 411 g/mol. The van der Waals surface area contributed by atoms with Crippen LogP contribution in [0.1, 0.15) is 5.56 Å². The third-order valence-corrected chi connectivity index (χ3v) is 5.86. The van der Waals surface area contributed by atoms with Gasteiger partial charge in [0.05, 0.1) is 6.54 Å². The molecule has 2 saturated heterocycles. The molecule has 2 fully saturated rings. The maximum atomic E-state index is 13.1. The van der Waals surface area contributed by atoms with E-state index in [0.717, 1.165) is 69.4 Å². The Kier molecular flexibility index (Phi) is 6.32. The number of nitrogens with zero attached hydrogens (tertiary/aromatic N) is 6. The van der Waals surface area contributed by atoms with Crippen molar-refractivity contribution in [1.82, 2.24) is 14.8 Å². The molecule has 0 spiro atoms. The summed E-state index contributed by atoms with van der Waals surface area (Å²) >= 11 is 0. The summed E-state index contributed by atoms with van der Waals surface area (Å²) in [6, 6.07) is 10.8. The first-order valence-electron chi connectivity index (χ1n) is 10.5. The Hall–Kier alpha value is -2.87. The van der Waals surface area contributed by atoms with Crippen LogP contribution in [0.15, 0.2) is 47.6 Å². The van der Waals surface area contributed by atoms with Crippen molar-refractivity contribution in [2.45, 2.75) is 6.54 Å². The normalized spacial score (nSPS) is 18.7. The highest BCUT2D eigenvalue weighted by molar-refractivity contribution is 5.78. The summed E-state index contributed by atoms with van der Waals surface area (Å²) in [5, 5.41) is 0. The maximum Gasteiger partial charge on any atom is 0.191 e. The van der Waals surface area contributed by atoms with Crippen molar-refractivity contribution in [2.24, 2.45) is 10.7 Å². The Morgan fingerprint density at radius 1 is 0.933 bits per heavy atom. The lowest BCUT2D eigenvalue weighted by molar-refractivity contribution is 0.312. The first-order chi connectivity index (χ1) is 14.6. The van der Waals surface area contributed by atoms with Crippen LogP contribution in [0.25, 0.3) is 0 Å². The highest BCUT2D eigenvalue weighted by atomic mass is 19.1. The van der Waals surface area contributed by atoms with Gasteiger partial charge in [0.2, 0.25) is 0 Å². The Morgan fingerprint density at radius 2 is 1.60 bits per heavy atom. The number of guanidine groups is 1. The van der Waals surface area contributed by atoms with Gasteiger partial charge in [-0.25, -0.2) is 14.4 Å². The van der Waals surface area contributed by atoms with Gasteiger partial charge in [-0.2, -0.15) is 0 Å². The second-order valence-corrected chi connectivity index (χ2v) is 7.94. The molecule has 0 unspecified atom stereocenters. The standard InChI is InChI=1S/C22H30FN7/c1-27-8-10-29(11-9-27)21-7-2-18(16-25-21)17-26-22(24)30-14-12-28(13-15-30)20-5-3-19(23)4-6-20/h2-7,16H,8-15,17H2,1H3,(H2,24,26). The van der Waals surface area contributed by atoms with Crippen LogP contribution in [-0.2, 0) is 6.54 Å². The fourth-order valence-electron chi connectivity index (χ4n) is 3.85. The van der Waals surface area contributed by atoms with Crippen molar-refractivity contribution in [1.29, 1.82) is 0 Å². The van der Waals surface area contributed by atoms with E-state index in [9.17, 15) is 4.39 Å². The van der Waals surface area contributed by atoms with Crippen LogP contribution < -0.4 is 15.5 Å². The quantitative estimate of drug-likeness (QED) is 0.609. The number of piperazine rings is 2. The van der Waals surface area contributed by atoms with Gasteiger partial charge in [0, 0.05) is 64.2 Å². The van der Waals surface area contributed by atoms with Crippen molar-refractivity contribution >= 4 is 17.5 Å². The van der Waals surface area contributed by atoms with Crippen molar-refractivity contribution in [2.75, 3.05) is 69.2 Å². The van der Waals surface area contributed by atoms with Crippen molar-refractivity contribution in [3.8, 4) is 0 Å². The van der Waals surface area contributed by atoms with Crippen LogP contribution in [0.2, 0.25) is 0 Å². The van der Waals surface area contributed by atoms with Crippen molar-refractivity contribution in [3.05, 3.63) is 54.0 Å². The molecule has 0 aliphatic carbocycles. The van der Waals surface area contributed by atoms with Crippen LogP contribution in [-0.4, -0.2) is 80.1 Å². The maximum absolute atomic E-state index is 13.1. The lowest BCUT2D eigenvalue weighted by atomic mass is 10.2. The van der Waals surface area contributed by atoms with Crippen LogP contribution in [0, 0.1) is 5.82 Å². The van der Waals surface area contributed by atoms with Gasteiger partial charge in [0.1, 0.15) is 11.6 Å². The molecule has 8 heteroatoms. The first-order valence-corrected chi connectivity index (χ1v) is 10.5. The number of benzene rings is 1. The summed E-state index contributed by atoms with van der Waals surface area (Å²) in [6.07, 6.45) is 1.90. The van der Waals surface area contributed by atoms with Gasteiger partial charge in [0.25, 0.3) is 0 Å². The summed E-state index contributed by atoms with van der Waals surface area (Å²) in [5.41, 5.74) is 8.33. The zero-order chi connectivity index (χ0) is 20.9. The zero-order valence-corrected chi connectivity index (χ0v) is 17.5. The van der Waals surface area contributed by atoms with E-state index in [1.165, 1.54) is 12.1 Å². The van der Waals surface area contributed by atoms with Crippen LogP contribution >= 0.6 is 0 Å². The van der Waals surface area contributed by atoms with E-state index in [1.54, 1.807) is 0 Å². The number of halogens is 1. The molecule has 2 N–H and O–H groups in total. The summed E-state index contributed by atoms with van der Waals surface area (Å²) in [4.78, 5) is 18.2. The Bertz CT molecular complexity index is 837. The van der Waals surface area contributed by atoms with Gasteiger partial charge in [-0.15, -0.1) is 0 Å². The second-order valence-electron chi connectivity index (χ2n) is 7.94. The number of hydrogen-bond donors (Lipinski definition) is 1. The molecule has 3 heterocycles. The third-order valence-electron chi connectivity index (χ3n) is 5.86. The average Bonchev–Trinajstić information content (AvgIpc) is 2.79. The van der Waals surface area contributed by atoms with Gasteiger partial charge in [-0.3, -0.25) is 0 Å². The smallest absolute Gasteiger partial charge is 0.191 e. The molecule has 7 nitrogen and oxygen atoms in total. The fourth-order valence-corrected chi connectivity index (χ4v) is 3.85. The number of anilines is 2. The molecule has 2 aliphatic heterocycles. The van der Waals surface area contributed by atoms with Crippen molar-refractivity contribution in [3.63, 3.8) is 0 Å². The number of hydrogen-bond acceptors (Lipinski definition) is 5. The Morgan fingerprint density at radius 3 is 2.23 bits per heavy atom. The van der Waals surface area contributed by atoms with Crippen molar-refractivity contribution < 1.29 is 4.39 Å². The van der Waals surface area contributed by atoms with Crippen LogP contribution in [0.3, 0.4) is 0 Å². The second kappa shape index (κ2) is 9.30. The van der Waals surface area contributed by atoms with Gasteiger partial charge in [0.15, 0.2) is 5.96 Å². The van der Waals surface area contributed by atoms with Gasteiger partial charge in [-0.05, 0) is 42.9 Å². The van der Waals surface area contributed by atoms with Gasteiger partial charge < -0.3 is 25.3 Å². The van der Waals surface area contributed by atoms with Crippen LogP contribution in [0.5, 0.6) is 0 Å². The summed E-state index contributed by atoms with van der Waals surface area (Å²) in [7, 11) is 2.15. The van der Waals surface area contributed by atoms with E-state index in [2.05, 4.69) is 48.8 Å². The van der Waals surface area contributed by atoms with E-state index in [-0.39, 0.29) is 5.82 Å². The highest BCUT2D eigenvalue weighted by Crippen LogP contribution is 2.17. The van der Waals surface area contributed by atoms with E-state index in [0.29, 0.717) is 12.5 Å². The number of rotatable bonds is 4. The number of nitrogens with two attached hydrogens (primary N) is 1. The lowest BCUT2D eigenvalue weighted by Gasteiger charge is -2.36. The molecule has 4 rings (SSSR count). The summed E-state index contributed by atoms with van der Waals surface area (Å²) < 4.78 is 13.1. The molecule has 160 valence electrons. The van der Waals surface area contributed by atoms with E-state index >= 15 is 0 Å². The van der Waals surface area contributed by atoms with E-state index in [1.807, 2.05) is 18.3 Å². The molecule has 0 amide bonds. The molecule has 1 aromatic carbocycles. The number of aromatic nitrogens is 1. The van der Waals surface area contributed by atoms with Crippen LogP contribution in [0.4, 0.5) is 15.9 Å². The minimum absolute atomic E-state index is 0.209.